The highest BCUT2D eigenvalue weighted by atomic mass is 16.1. The van der Waals surface area contributed by atoms with E-state index in [-0.39, 0.29) is 0 Å². The summed E-state index contributed by atoms with van der Waals surface area (Å²) in [5.41, 5.74) is 17.5. The molecule has 1 rings (SSSR count). The summed E-state index contributed by atoms with van der Waals surface area (Å²) in [7, 11) is 0. The van der Waals surface area contributed by atoms with Gasteiger partial charge < -0.3 is 11.5 Å². The number of hydrogen-bond donors (Lipinski definition) is 2. The minimum atomic E-state index is -0.450. The first-order chi connectivity index (χ1) is 13.3. The summed E-state index contributed by atoms with van der Waals surface area (Å²) >= 11 is 0. The van der Waals surface area contributed by atoms with Crippen LogP contribution in [-0.2, 0) is 0 Å². The van der Waals surface area contributed by atoms with Gasteiger partial charge in [-0.15, -0.1) is 0 Å². The second-order valence-corrected chi connectivity index (χ2v) is 6.49. The zero-order valence-electron chi connectivity index (χ0n) is 17.6. The van der Waals surface area contributed by atoms with E-state index in [0.29, 0.717) is 5.56 Å². The molecule has 0 heterocycles. The predicted molar refractivity (Wildman–Crippen MR) is 119 cm³/mol. The van der Waals surface area contributed by atoms with Crippen molar-refractivity contribution in [3.05, 3.63) is 69.6 Å². The first-order valence-electron chi connectivity index (χ1n) is 9.63. The molecule has 148 valence electrons. The molecular formula is C24H31N3O. The van der Waals surface area contributed by atoms with Crippen molar-refractivity contribution in [2.75, 3.05) is 0 Å². The number of amides is 1. The number of nitrogens with two attached hydrogens (primary N) is 2. The Balaban J connectivity index is 3.51. The molecule has 0 aliphatic heterocycles. The quantitative estimate of drug-likeness (QED) is 0.404. The molecule has 1 aromatic carbocycles. The van der Waals surface area contributed by atoms with Crippen molar-refractivity contribution in [3.63, 3.8) is 0 Å². The number of primary amides is 1. The maximum Gasteiger partial charge on any atom is 0.248 e. The Bertz CT molecular complexity index is 873. The van der Waals surface area contributed by atoms with Gasteiger partial charge >= 0.3 is 0 Å². The molecule has 0 aliphatic carbocycles. The lowest BCUT2D eigenvalue weighted by Gasteiger charge is -2.14. The summed E-state index contributed by atoms with van der Waals surface area (Å²) in [4.78, 5) is 15.7. The largest absolute Gasteiger partial charge is 0.398 e. The van der Waals surface area contributed by atoms with Crippen molar-refractivity contribution < 1.29 is 4.79 Å². The second-order valence-electron chi connectivity index (χ2n) is 6.49. The number of rotatable bonds is 7. The van der Waals surface area contributed by atoms with Crippen LogP contribution in [0.5, 0.6) is 0 Å². The van der Waals surface area contributed by atoms with Crippen LogP contribution in [-0.4, -0.2) is 12.1 Å². The number of nitrogens with zero attached hydrogens (tertiary/aromatic N) is 1. The highest BCUT2D eigenvalue weighted by molar-refractivity contribution is 5.92. The Labute approximate surface area is 169 Å². The fourth-order valence-corrected chi connectivity index (χ4v) is 2.56. The van der Waals surface area contributed by atoms with Gasteiger partial charge in [0.25, 0.3) is 0 Å². The topological polar surface area (TPSA) is 81.5 Å². The number of hydrogen-bond acceptors (Lipinski definition) is 3. The monoisotopic (exact) mass is 377 g/mol. The molecule has 0 bridgehead atoms. The minimum absolute atomic E-state index is 0.450. The first-order valence-corrected chi connectivity index (χ1v) is 9.63. The van der Waals surface area contributed by atoms with Crippen LogP contribution in [0.1, 0.15) is 69.8 Å². The normalized spacial score (nSPS) is 13.5. The van der Waals surface area contributed by atoms with Crippen LogP contribution in [0, 0.1) is 11.8 Å². The molecule has 1 amide bonds. The Morgan fingerprint density at radius 1 is 1.14 bits per heavy atom. The summed E-state index contributed by atoms with van der Waals surface area (Å²) in [5.74, 6) is 5.99. The van der Waals surface area contributed by atoms with E-state index in [9.17, 15) is 4.79 Å². The lowest BCUT2D eigenvalue weighted by molar-refractivity contribution is 0.100. The van der Waals surface area contributed by atoms with Crippen LogP contribution >= 0.6 is 0 Å². The fraction of sp³-hybridized carbons (Fsp3) is 0.333. The lowest BCUT2D eigenvalue weighted by atomic mass is 9.96. The van der Waals surface area contributed by atoms with Crippen molar-refractivity contribution in [3.8, 4) is 11.8 Å². The summed E-state index contributed by atoms with van der Waals surface area (Å²) < 4.78 is 0. The molecule has 0 spiro atoms. The van der Waals surface area contributed by atoms with E-state index >= 15 is 0 Å². The van der Waals surface area contributed by atoms with Gasteiger partial charge in [-0.2, -0.15) is 0 Å². The van der Waals surface area contributed by atoms with Crippen LogP contribution in [0.15, 0.2) is 63.4 Å². The summed E-state index contributed by atoms with van der Waals surface area (Å²) in [6, 6.07) is 6.95. The van der Waals surface area contributed by atoms with E-state index in [2.05, 4.69) is 36.8 Å². The molecule has 0 saturated carbocycles. The summed E-state index contributed by atoms with van der Waals surface area (Å²) in [5, 5.41) is 0. The molecule has 0 aromatic heterocycles. The van der Waals surface area contributed by atoms with Gasteiger partial charge in [0.2, 0.25) is 5.91 Å². The van der Waals surface area contributed by atoms with Crippen LogP contribution in [0.4, 0.5) is 0 Å². The fourth-order valence-electron chi connectivity index (χ4n) is 2.56. The molecule has 4 N–H and O–H groups in total. The maximum atomic E-state index is 11.2. The van der Waals surface area contributed by atoms with Gasteiger partial charge in [0.05, 0.1) is 0 Å². The van der Waals surface area contributed by atoms with E-state index in [1.54, 1.807) is 30.5 Å². The van der Waals surface area contributed by atoms with Crippen LogP contribution in [0.2, 0.25) is 0 Å². The smallest absolute Gasteiger partial charge is 0.248 e. The molecule has 0 unspecified atom stereocenters. The van der Waals surface area contributed by atoms with Crippen molar-refractivity contribution in [2.45, 2.75) is 53.9 Å². The van der Waals surface area contributed by atoms with E-state index in [1.807, 2.05) is 20.8 Å². The molecular weight excluding hydrogens is 346 g/mol. The standard InChI is InChI=1S/C24H31N3O/c1-6-9-10-20(14-11-19-12-15-21(16-13-19)24(26)28)22(18(5)27-8-3)23(25)17(4)7-2/h8,10,12-13,15-16H,6-7,9,25H2,1-5H3,(H2,26,28)/b20-10-,22-18-,23-17-,27-8?. The first kappa shape index (κ1) is 23.0. The van der Waals surface area contributed by atoms with Gasteiger partial charge in [-0.05, 0) is 63.5 Å². The minimum Gasteiger partial charge on any atom is -0.398 e. The number of carbonyl (C=O) groups excluding carboxylic acids is 1. The zero-order chi connectivity index (χ0) is 21.1. The average Bonchev–Trinajstić information content (AvgIpc) is 2.69. The van der Waals surface area contributed by atoms with Gasteiger partial charge in [-0.25, -0.2) is 0 Å². The number of carbonyl (C=O) groups is 1. The zero-order valence-corrected chi connectivity index (χ0v) is 17.6. The SMILES string of the molecule is CC=N/C(C)=C(C(/C#Cc1ccc(C(N)=O)cc1)=C\CCC)\C(N)=C(/C)CC. The second kappa shape index (κ2) is 11.6. The van der Waals surface area contributed by atoms with E-state index in [4.69, 9.17) is 11.5 Å². The van der Waals surface area contributed by atoms with Crippen molar-refractivity contribution in [1.29, 1.82) is 0 Å². The molecule has 4 nitrogen and oxygen atoms in total. The number of allylic oxidation sites excluding steroid dienone is 4. The van der Waals surface area contributed by atoms with Gasteiger partial charge in [-0.1, -0.05) is 38.2 Å². The Kier molecular flexibility index (Phi) is 9.53. The summed E-state index contributed by atoms with van der Waals surface area (Å²) in [6.07, 6.45) is 6.65. The summed E-state index contributed by atoms with van der Waals surface area (Å²) in [6.45, 7) is 10.1. The van der Waals surface area contributed by atoms with Gasteiger partial charge in [0.15, 0.2) is 0 Å². The van der Waals surface area contributed by atoms with Gasteiger partial charge in [0.1, 0.15) is 0 Å². The molecule has 28 heavy (non-hydrogen) atoms. The van der Waals surface area contributed by atoms with Crippen LogP contribution in [0.3, 0.4) is 0 Å². The third kappa shape index (κ3) is 6.59. The number of benzene rings is 1. The Hall–Kier alpha value is -3.06. The predicted octanol–water partition coefficient (Wildman–Crippen LogP) is 4.87. The third-order valence-corrected chi connectivity index (χ3v) is 4.36. The van der Waals surface area contributed by atoms with Crippen molar-refractivity contribution >= 4 is 12.1 Å². The molecule has 0 radical (unpaired) electrons. The van der Waals surface area contributed by atoms with E-state index in [0.717, 1.165) is 52.9 Å². The number of unbranched alkanes of at least 4 members (excludes halogenated alkanes) is 1. The molecule has 0 fully saturated rings. The lowest BCUT2D eigenvalue weighted by Crippen LogP contribution is -2.10. The van der Waals surface area contributed by atoms with E-state index in [1.165, 1.54) is 0 Å². The van der Waals surface area contributed by atoms with Gasteiger partial charge in [0, 0.05) is 39.9 Å². The molecule has 1 aromatic rings. The van der Waals surface area contributed by atoms with Crippen molar-refractivity contribution in [1.82, 2.24) is 0 Å². The van der Waals surface area contributed by atoms with Crippen LogP contribution in [0.25, 0.3) is 0 Å². The molecule has 0 aliphatic rings. The molecule has 4 heteroatoms. The number of aliphatic imine (C=N–C) groups is 1. The average molecular weight is 378 g/mol. The van der Waals surface area contributed by atoms with Crippen molar-refractivity contribution in [2.24, 2.45) is 16.5 Å². The Morgan fingerprint density at radius 2 is 1.79 bits per heavy atom. The van der Waals surface area contributed by atoms with Gasteiger partial charge in [-0.3, -0.25) is 9.79 Å². The maximum absolute atomic E-state index is 11.2. The van der Waals surface area contributed by atoms with Crippen LogP contribution < -0.4 is 11.5 Å². The molecule has 0 atom stereocenters. The molecule has 0 saturated heterocycles. The third-order valence-electron chi connectivity index (χ3n) is 4.36. The highest BCUT2D eigenvalue weighted by Crippen LogP contribution is 2.25. The Morgan fingerprint density at radius 3 is 2.29 bits per heavy atom. The highest BCUT2D eigenvalue weighted by Gasteiger charge is 2.12. The van der Waals surface area contributed by atoms with E-state index < -0.39 is 5.91 Å².